The maximum atomic E-state index is 11.7. The van der Waals surface area contributed by atoms with Crippen LogP contribution in [0.2, 0.25) is 0 Å². The van der Waals surface area contributed by atoms with Crippen molar-refractivity contribution < 1.29 is 23.0 Å². The molecule has 1 aromatic rings. The van der Waals surface area contributed by atoms with Gasteiger partial charge in [-0.1, -0.05) is 0 Å². The lowest BCUT2D eigenvalue weighted by molar-refractivity contribution is -0.274. The van der Waals surface area contributed by atoms with Crippen molar-refractivity contribution in [3.05, 3.63) is 18.0 Å². The summed E-state index contributed by atoms with van der Waals surface area (Å²) in [5, 5.41) is 17.4. The number of hydrogen-bond donors (Lipinski definition) is 1. The monoisotopic (exact) mass is 218 g/mol. The molecule has 0 saturated heterocycles. The van der Waals surface area contributed by atoms with Gasteiger partial charge in [0, 0.05) is 6.07 Å². The van der Waals surface area contributed by atoms with Crippen LogP contribution in [-0.2, 0) is 6.42 Å². The first-order valence-corrected chi connectivity index (χ1v) is 3.73. The molecule has 0 aromatic carbocycles. The smallest absolute Gasteiger partial charge is 0.506 e. The fourth-order valence-electron chi connectivity index (χ4n) is 0.864. The third-order valence-corrected chi connectivity index (χ3v) is 1.40. The minimum absolute atomic E-state index is 0.00650. The first-order chi connectivity index (χ1) is 6.92. The van der Waals surface area contributed by atoms with Crippen molar-refractivity contribution in [1.82, 2.24) is 4.98 Å². The Kier molecular flexibility index (Phi) is 2.99. The van der Waals surface area contributed by atoms with E-state index in [0.717, 1.165) is 12.3 Å². The second-order valence-electron chi connectivity index (χ2n) is 2.52. The normalized spacial score (nSPS) is 10.8. The summed E-state index contributed by atoms with van der Waals surface area (Å²) in [7, 11) is 0. The third kappa shape index (κ3) is 3.34. The molecular formula is C8H5F3N2O2. The molecule has 0 fully saturated rings. The number of halogens is 3. The van der Waals surface area contributed by atoms with Crippen molar-refractivity contribution in [3.63, 3.8) is 0 Å². The molecule has 0 unspecified atom stereocenters. The second kappa shape index (κ2) is 4.04. The molecule has 0 aliphatic carbocycles. The van der Waals surface area contributed by atoms with Crippen LogP contribution < -0.4 is 4.74 Å². The Morgan fingerprint density at radius 1 is 1.53 bits per heavy atom. The van der Waals surface area contributed by atoms with E-state index in [4.69, 9.17) is 10.4 Å². The number of pyridine rings is 1. The molecular weight excluding hydrogens is 213 g/mol. The quantitative estimate of drug-likeness (QED) is 0.821. The van der Waals surface area contributed by atoms with Gasteiger partial charge in [0.05, 0.1) is 24.4 Å². The summed E-state index contributed by atoms with van der Waals surface area (Å²) >= 11 is 0. The largest absolute Gasteiger partial charge is 0.573 e. The van der Waals surface area contributed by atoms with Gasteiger partial charge < -0.3 is 9.84 Å². The third-order valence-electron chi connectivity index (χ3n) is 1.40. The fourth-order valence-corrected chi connectivity index (χ4v) is 0.864. The number of nitrogens with zero attached hydrogens (tertiary/aromatic N) is 2. The molecule has 0 atom stereocenters. The van der Waals surface area contributed by atoms with Gasteiger partial charge in [-0.3, -0.25) is 4.98 Å². The standard InChI is InChI=1S/C8H5F3N2O2/c9-8(10,11)15-5-3-7(14)6(1-2-12)13-4-5/h3-4,14H,1H2. The van der Waals surface area contributed by atoms with Crippen molar-refractivity contribution in [2.45, 2.75) is 12.8 Å². The molecule has 1 aromatic heterocycles. The van der Waals surface area contributed by atoms with Crippen molar-refractivity contribution in [2.24, 2.45) is 0 Å². The van der Waals surface area contributed by atoms with Crippen LogP contribution in [0.4, 0.5) is 13.2 Å². The lowest BCUT2D eigenvalue weighted by Gasteiger charge is -2.09. The van der Waals surface area contributed by atoms with Gasteiger partial charge in [0.15, 0.2) is 5.75 Å². The Balaban J connectivity index is 2.88. The van der Waals surface area contributed by atoms with E-state index in [2.05, 4.69) is 9.72 Å². The highest BCUT2D eigenvalue weighted by Crippen LogP contribution is 2.26. The zero-order chi connectivity index (χ0) is 11.5. The SMILES string of the molecule is N#CCc1ncc(OC(F)(F)F)cc1O. The minimum Gasteiger partial charge on any atom is -0.506 e. The summed E-state index contributed by atoms with van der Waals surface area (Å²) in [6, 6.07) is 2.46. The van der Waals surface area contributed by atoms with Crippen molar-refractivity contribution in [2.75, 3.05) is 0 Å². The predicted molar refractivity (Wildman–Crippen MR) is 41.9 cm³/mol. The lowest BCUT2D eigenvalue weighted by atomic mass is 10.2. The molecule has 0 aliphatic heterocycles. The van der Waals surface area contributed by atoms with Gasteiger partial charge >= 0.3 is 6.36 Å². The molecule has 15 heavy (non-hydrogen) atoms. The van der Waals surface area contributed by atoms with Crippen molar-refractivity contribution in [1.29, 1.82) is 5.26 Å². The number of rotatable bonds is 2. The first-order valence-electron chi connectivity index (χ1n) is 3.73. The van der Waals surface area contributed by atoms with Gasteiger partial charge in [-0.05, 0) is 0 Å². The van der Waals surface area contributed by atoms with E-state index in [0.29, 0.717) is 0 Å². The molecule has 7 heteroatoms. The van der Waals surface area contributed by atoms with Crippen LogP contribution in [0.25, 0.3) is 0 Å². The van der Waals surface area contributed by atoms with E-state index in [1.54, 1.807) is 6.07 Å². The highest BCUT2D eigenvalue weighted by atomic mass is 19.4. The Morgan fingerprint density at radius 2 is 2.20 bits per heavy atom. The summed E-state index contributed by atoms with van der Waals surface area (Å²) in [5.74, 6) is -1.13. The first kappa shape index (κ1) is 11.1. The molecule has 80 valence electrons. The number of hydrogen-bond acceptors (Lipinski definition) is 4. The molecule has 0 saturated carbocycles. The molecule has 0 amide bonds. The van der Waals surface area contributed by atoms with E-state index < -0.39 is 17.9 Å². The average Bonchev–Trinajstić information content (AvgIpc) is 2.07. The van der Waals surface area contributed by atoms with Gasteiger partial charge in [0.2, 0.25) is 0 Å². The average molecular weight is 218 g/mol. The molecule has 0 bridgehead atoms. The summed E-state index contributed by atoms with van der Waals surface area (Å²) in [6.45, 7) is 0. The number of alkyl halides is 3. The zero-order valence-corrected chi connectivity index (χ0v) is 7.25. The predicted octanol–water partition coefficient (Wildman–Crippen LogP) is 1.75. The molecule has 4 nitrogen and oxygen atoms in total. The minimum atomic E-state index is -4.83. The maximum Gasteiger partial charge on any atom is 0.573 e. The van der Waals surface area contributed by atoms with E-state index in [9.17, 15) is 13.2 Å². The Morgan fingerprint density at radius 3 is 2.67 bits per heavy atom. The Bertz CT molecular complexity index is 398. The van der Waals surface area contributed by atoms with Crippen LogP contribution in [-0.4, -0.2) is 16.5 Å². The molecule has 1 N–H and O–H groups in total. The summed E-state index contributed by atoms with van der Waals surface area (Å²) in [4.78, 5) is 3.45. The molecule has 0 radical (unpaired) electrons. The van der Waals surface area contributed by atoms with Crippen LogP contribution in [0, 0.1) is 11.3 Å². The van der Waals surface area contributed by atoms with Crippen molar-refractivity contribution in [3.8, 4) is 17.6 Å². The molecule has 1 heterocycles. The van der Waals surface area contributed by atoms with Crippen LogP contribution in [0.1, 0.15) is 5.69 Å². The number of nitriles is 1. The topological polar surface area (TPSA) is 66.1 Å². The van der Waals surface area contributed by atoms with Crippen molar-refractivity contribution >= 4 is 0 Å². The van der Waals surface area contributed by atoms with E-state index >= 15 is 0 Å². The van der Waals surface area contributed by atoms with E-state index in [-0.39, 0.29) is 12.1 Å². The fraction of sp³-hybridized carbons (Fsp3) is 0.250. The molecule has 0 aliphatic rings. The van der Waals surface area contributed by atoms with Gasteiger partial charge in [-0.2, -0.15) is 5.26 Å². The highest BCUT2D eigenvalue weighted by Gasteiger charge is 2.31. The van der Waals surface area contributed by atoms with Gasteiger partial charge in [0.25, 0.3) is 0 Å². The van der Waals surface area contributed by atoms with E-state index in [1.807, 2.05) is 0 Å². The maximum absolute atomic E-state index is 11.7. The number of aromatic hydroxyl groups is 1. The van der Waals surface area contributed by atoms with Crippen LogP contribution in [0.15, 0.2) is 12.3 Å². The zero-order valence-electron chi connectivity index (χ0n) is 7.25. The Hall–Kier alpha value is -1.97. The van der Waals surface area contributed by atoms with Crippen LogP contribution in [0.3, 0.4) is 0 Å². The summed E-state index contributed by atoms with van der Waals surface area (Å²) < 4.78 is 38.7. The Labute approximate surface area is 82.5 Å². The summed E-state index contributed by atoms with van der Waals surface area (Å²) in [5.41, 5.74) is 0.00650. The van der Waals surface area contributed by atoms with E-state index in [1.165, 1.54) is 0 Å². The lowest BCUT2D eigenvalue weighted by Crippen LogP contribution is -2.17. The van der Waals surface area contributed by atoms with Crippen LogP contribution in [0.5, 0.6) is 11.5 Å². The second-order valence-corrected chi connectivity index (χ2v) is 2.52. The van der Waals surface area contributed by atoms with Crippen LogP contribution >= 0.6 is 0 Å². The van der Waals surface area contributed by atoms with Gasteiger partial charge in [0.1, 0.15) is 5.75 Å². The van der Waals surface area contributed by atoms with Gasteiger partial charge in [-0.25, -0.2) is 0 Å². The highest BCUT2D eigenvalue weighted by molar-refractivity contribution is 5.35. The number of ether oxygens (including phenoxy) is 1. The number of aromatic nitrogens is 1. The molecule has 0 spiro atoms. The molecule has 1 rings (SSSR count). The van der Waals surface area contributed by atoms with Gasteiger partial charge in [-0.15, -0.1) is 13.2 Å². The summed E-state index contributed by atoms with van der Waals surface area (Å²) in [6.07, 6.45) is -4.22.